The van der Waals surface area contributed by atoms with Crippen molar-refractivity contribution in [2.45, 2.75) is 33.1 Å². The second-order valence-electron chi connectivity index (χ2n) is 3.39. The molecule has 0 aromatic carbocycles. The third-order valence-corrected chi connectivity index (χ3v) is 2.19. The molecule has 1 heteroatoms. The molecule has 1 heterocycles. The maximum Gasteiger partial charge on any atom is 0.0413 e. The lowest BCUT2D eigenvalue weighted by atomic mass is 10.2. The molecule has 0 aliphatic carbocycles. The summed E-state index contributed by atoms with van der Waals surface area (Å²) in [4.78, 5) is 3.25. The molecule has 0 unspecified atom stereocenters. The highest BCUT2D eigenvalue weighted by Gasteiger charge is 1.84. The molecule has 0 spiro atoms. The van der Waals surface area contributed by atoms with Gasteiger partial charge in [0.2, 0.25) is 0 Å². The van der Waals surface area contributed by atoms with Crippen LogP contribution in [0.25, 0.3) is 12.2 Å². The number of hydrogen-bond donors (Lipinski definition) is 1. The quantitative estimate of drug-likeness (QED) is 0.700. The average Bonchev–Trinajstić information content (AvgIpc) is 2.63. The predicted octanol–water partition coefficient (Wildman–Crippen LogP) is 2.34. The van der Waals surface area contributed by atoms with Gasteiger partial charge in [0, 0.05) is 11.5 Å². The zero-order valence-corrected chi connectivity index (χ0v) is 9.09. The van der Waals surface area contributed by atoms with Crippen molar-refractivity contribution in [2.24, 2.45) is 0 Å². The first kappa shape index (κ1) is 10.8. The van der Waals surface area contributed by atoms with E-state index in [-0.39, 0.29) is 0 Å². The molecule has 1 aromatic rings. The Morgan fingerprint density at radius 3 is 3.00 bits per heavy atom. The van der Waals surface area contributed by atoms with Crippen molar-refractivity contribution in [3.8, 4) is 0 Å². The van der Waals surface area contributed by atoms with Crippen molar-refractivity contribution < 1.29 is 0 Å². The molecule has 0 aliphatic rings. The molecule has 0 saturated heterocycles. The molecule has 0 radical (unpaired) electrons. The van der Waals surface area contributed by atoms with Crippen LogP contribution in [0.1, 0.15) is 33.1 Å². The second-order valence-corrected chi connectivity index (χ2v) is 3.39. The molecule has 1 aromatic heterocycles. The summed E-state index contributed by atoms with van der Waals surface area (Å²) in [5.74, 6) is 0. The van der Waals surface area contributed by atoms with Gasteiger partial charge in [-0.05, 0) is 31.1 Å². The molecular formula is C13H19N. The van der Waals surface area contributed by atoms with E-state index in [0.717, 1.165) is 6.42 Å². The number of aromatic amines is 1. The first-order valence-corrected chi connectivity index (χ1v) is 5.35. The Labute approximate surface area is 85.9 Å². The van der Waals surface area contributed by atoms with Crippen molar-refractivity contribution in [2.75, 3.05) is 0 Å². The van der Waals surface area contributed by atoms with Crippen LogP contribution in [0.3, 0.4) is 0 Å². The fraction of sp³-hybridized carbons (Fsp3) is 0.385. The molecule has 0 atom stereocenters. The molecule has 1 nitrogen and oxygen atoms in total. The van der Waals surface area contributed by atoms with Crippen LogP contribution in [0.4, 0.5) is 0 Å². The molecule has 0 fully saturated rings. The highest BCUT2D eigenvalue weighted by atomic mass is 14.6. The summed E-state index contributed by atoms with van der Waals surface area (Å²) in [5, 5.41) is 2.52. The third-order valence-electron chi connectivity index (χ3n) is 2.19. The minimum atomic E-state index is 1.16. The van der Waals surface area contributed by atoms with Crippen LogP contribution in [-0.4, -0.2) is 4.98 Å². The summed E-state index contributed by atoms with van der Waals surface area (Å²) in [7, 11) is 0. The molecule has 1 rings (SSSR count). The molecule has 14 heavy (non-hydrogen) atoms. The molecule has 0 amide bonds. The largest absolute Gasteiger partial charge is 0.361 e. The molecule has 0 bridgehead atoms. The van der Waals surface area contributed by atoms with E-state index in [1.165, 1.54) is 23.4 Å². The number of hydrogen-bond acceptors (Lipinski definition) is 0. The van der Waals surface area contributed by atoms with Gasteiger partial charge in [-0.15, -0.1) is 0 Å². The number of nitrogens with one attached hydrogen (secondary N) is 1. The van der Waals surface area contributed by atoms with Gasteiger partial charge in [-0.25, -0.2) is 0 Å². The lowest BCUT2D eigenvalue weighted by molar-refractivity contribution is 0.832. The van der Waals surface area contributed by atoms with Gasteiger partial charge in [0.15, 0.2) is 0 Å². The summed E-state index contributed by atoms with van der Waals surface area (Å²) >= 11 is 0. The Kier molecular flexibility index (Phi) is 4.84. The lowest BCUT2D eigenvalue weighted by Crippen LogP contribution is -2.21. The SMILES string of the molecule is C\C=C/C=c1/cc[nH]/c1=C/CCCC. The van der Waals surface area contributed by atoms with E-state index in [1.807, 2.05) is 19.2 Å². The van der Waals surface area contributed by atoms with E-state index in [9.17, 15) is 0 Å². The standard InChI is InChI=1S/C13H19N/c1-3-5-7-9-13-12(8-6-4-2)10-11-14-13/h4,6,8-11,14H,3,5,7H2,1-2H3/b6-4-,12-8-,13-9+. The van der Waals surface area contributed by atoms with Crippen LogP contribution in [0.2, 0.25) is 0 Å². The van der Waals surface area contributed by atoms with Gasteiger partial charge >= 0.3 is 0 Å². The third kappa shape index (κ3) is 3.25. The fourth-order valence-electron chi connectivity index (χ4n) is 1.37. The van der Waals surface area contributed by atoms with Gasteiger partial charge in [-0.2, -0.15) is 0 Å². The van der Waals surface area contributed by atoms with Gasteiger partial charge in [0.05, 0.1) is 0 Å². The Bertz CT molecular complexity index is 382. The zero-order valence-electron chi connectivity index (χ0n) is 9.09. The van der Waals surface area contributed by atoms with Gasteiger partial charge in [0.1, 0.15) is 0 Å². The van der Waals surface area contributed by atoms with Crippen LogP contribution < -0.4 is 10.6 Å². The number of H-pyrrole nitrogens is 1. The Hall–Kier alpha value is -1.24. The van der Waals surface area contributed by atoms with Gasteiger partial charge in [-0.3, -0.25) is 0 Å². The summed E-state index contributed by atoms with van der Waals surface area (Å²) in [6.07, 6.45) is 14.2. The number of unbranched alkanes of at least 4 members (excludes halogenated alkanes) is 2. The maximum absolute atomic E-state index is 3.25. The summed E-state index contributed by atoms with van der Waals surface area (Å²) in [6, 6.07) is 2.11. The zero-order chi connectivity index (χ0) is 10.2. The van der Waals surface area contributed by atoms with Crippen LogP contribution in [0.5, 0.6) is 0 Å². The molecule has 1 N–H and O–H groups in total. The maximum atomic E-state index is 3.25. The lowest BCUT2D eigenvalue weighted by Gasteiger charge is -1.86. The van der Waals surface area contributed by atoms with Crippen molar-refractivity contribution in [1.82, 2.24) is 4.98 Å². The Morgan fingerprint density at radius 2 is 2.29 bits per heavy atom. The van der Waals surface area contributed by atoms with E-state index in [1.54, 1.807) is 0 Å². The fourth-order valence-corrected chi connectivity index (χ4v) is 1.37. The molecule has 0 saturated carbocycles. The average molecular weight is 189 g/mol. The molecular weight excluding hydrogens is 170 g/mol. The van der Waals surface area contributed by atoms with E-state index < -0.39 is 0 Å². The number of rotatable bonds is 4. The summed E-state index contributed by atoms with van der Waals surface area (Å²) in [6.45, 7) is 4.25. The van der Waals surface area contributed by atoms with E-state index in [2.05, 4.69) is 36.2 Å². The van der Waals surface area contributed by atoms with Crippen molar-refractivity contribution in [3.63, 3.8) is 0 Å². The summed E-state index contributed by atoms with van der Waals surface area (Å²) in [5.41, 5.74) is 0. The van der Waals surface area contributed by atoms with Gasteiger partial charge < -0.3 is 4.98 Å². The van der Waals surface area contributed by atoms with Crippen molar-refractivity contribution >= 4 is 12.2 Å². The van der Waals surface area contributed by atoms with Crippen molar-refractivity contribution in [1.29, 1.82) is 0 Å². The monoisotopic (exact) mass is 189 g/mol. The Balaban J connectivity index is 2.87. The van der Waals surface area contributed by atoms with E-state index in [4.69, 9.17) is 0 Å². The topological polar surface area (TPSA) is 15.8 Å². The van der Waals surface area contributed by atoms with Crippen LogP contribution >= 0.6 is 0 Å². The highest BCUT2D eigenvalue weighted by molar-refractivity contribution is 5.37. The van der Waals surface area contributed by atoms with E-state index in [0.29, 0.717) is 0 Å². The number of allylic oxidation sites excluding steroid dienone is 2. The second kappa shape index (κ2) is 6.25. The molecule has 76 valence electrons. The highest BCUT2D eigenvalue weighted by Crippen LogP contribution is 1.92. The Morgan fingerprint density at radius 1 is 1.43 bits per heavy atom. The smallest absolute Gasteiger partial charge is 0.0413 e. The van der Waals surface area contributed by atoms with Crippen LogP contribution in [0, 0.1) is 0 Å². The van der Waals surface area contributed by atoms with Crippen molar-refractivity contribution in [3.05, 3.63) is 35.0 Å². The van der Waals surface area contributed by atoms with Crippen LogP contribution in [-0.2, 0) is 0 Å². The predicted molar refractivity (Wildman–Crippen MR) is 63.3 cm³/mol. The molecule has 0 aliphatic heterocycles. The first-order valence-electron chi connectivity index (χ1n) is 5.35. The van der Waals surface area contributed by atoms with Gasteiger partial charge in [-0.1, -0.05) is 37.6 Å². The summed E-state index contributed by atoms with van der Waals surface area (Å²) < 4.78 is 0. The van der Waals surface area contributed by atoms with Gasteiger partial charge in [0.25, 0.3) is 0 Å². The first-order chi connectivity index (χ1) is 6.88. The van der Waals surface area contributed by atoms with Crippen LogP contribution in [0.15, 0.2) is 24.4 Å². The van der Waals surface area contributed by atoms with E-state index >= 15 is 0 Å². The minimum absolute atomic E-state index is 1.16. The normalized spacial score (nSPS) is 14.4. The number of aromatic nitrogens is 1. The minimum Gasteiger partial charge on any atom is -0.361 e.